The van der Waals surface area contributed by atoms with E-state index < -0.39 is 0 Å². The molecule has 0 spiro atoms. The van der Waals surface area contributed by atoms with Crippen LogP contribution in [0.1, 0.15) is 5.69 Å². The molecule has 0 atom stereocenters. The zero-order valence-corrected chi connectivity index (χ0v) is 15.1. The second-order valence-corrected chi connectivity index (χ2v) is 6.41. The highest BCUT2D eigenvalue weighted by molar-refractivity contribution is 7.71. The molecule has 0 saturated carbocycles. The number of rotatable bonds is 2. The van der Waals surface area contributed by atoms with Gasteiger partial charge in [0.2, 0.25) is 0 Å². The molecule has 4 aromatic rings. The maximum atomic E-state index is 13.2. The molecule has 0 amide bonds. The predicted octanol–water partition coefficient (Wildman–Crippen LogP) is 2.85. The van der Waals surface area contributed by atoms with Gasteiger partial charge in [-0.3, -0.25) is 14.3 Å². The third kappa shape index (κ3) is 2.28. The molecule has 0 saturated heterocycles. The smallest absolute Gasteiger partial charge is 0.296 e. The Bertz CT molecular complexity index is 1310. The SMILES string of the molecule is Cc1c(-n2c(=S)[nH]c3ccccc3c2=O)c(=O)n(-c2ccccc2)n1C. The van der Waals surface area contributed by atoms with Crippen LogP contribution in [0, 0.1) is 11.7 Å². The number of benzene rings is 2. The molecule has 130 valence electrons. The van der Waals surface area contributed by atoms with Gasteiger partial charge in [-0.15, -0.1) is 0 Å². The van der Waals surface area contributed by atoms with Crippen LogP contribution in [0.5, 0.6) is 0 Å². The lowest BCUT2D eigenvalue weighted by atomic mass is 10.2. The number of nitrogens with zero attached hydrogens (tertiary/aromatic N) is 3. The molecule has 6 nitrogen and oxygen atoms in total. The van der Waals surface area contributed by atoms with E-state index >= 15 is 0 Å². The van der Waals surface area contributed by atoms with Crippen molar-refractivity contribution in [3.8, 4) is 11.4 Å². The minimum atomic E-state index is -0.310. The van der Waals surface area contributed by atoms with Crippen molar-refractivity contribution < 1.29 is 0 Å². The zero-order chi connectivity index (χ0) is 18.4. The summed E-state index contributed by atoms with van der Waals surface area (Å²) in [4.78, 5) is 29.2. The van der Waals surface area contributed by atoms with E-state index in [-0.39, 0.29) is 21.6 Å². The maximum Gasteiger partial charge on any atom is 0.296 e. The monoisotopic (exact) mass is 364 g/mol. The number of aromatic amines is 1. The predicted molar refractivity (Wildman–Crippen MR) is 104 cm³/mol. The summed E-state index contributed by atoms with van der Waals surface area (Å²) < 4.78 is 4.74. The number of fused-ring (bicyclic) bond motifs is 1. The molecule has 0 aliphatic carbocycles. The third-order valence-electron chi connectivity index (χ3n) is 4.55. The molecule has 0 aliphatic heterocycles. The van der Waals surface area contributed by atoms with Crippen molar-refractivity contribution in [2.75, 3.05) is 0 Å². The van der Waals surface area contributed by atoms with E-state index in [4.69, 9.17) is 12.2 Å². The highest BCUT2D eigenvalue weighted by Gasteiger charge is 2.20. The van der Waals surface area contributed by atoms with Crippen LogP contribution in [0.25, 0.3) is 22.3 Å². The number of nitrogens with one attached hydrogen (secondary N) is 1. The first kappa shape index (κ1) is 16.3. The van der Waals surface area contributed by atoms with E-state index in [0.717, 1.165) is 5.69 Å². The molecule has 1 N–H and O–H groups in total. The molecule has 7 heteroatoms. The Balaban J connectivity index is 2.11. The van der Waals surface area contributed by atoms with Gasteiger partial charge in [-0.25, -0.2) is 9.25 Å². The summed E-state index contributed by atoms with van der Waals surface area (Å²) in [5.41, 5.74) is 1.67. The minimum absolute atomic E-state index is 0.194. The lowest BCUT2D eigenvalue weighted by Crippen LogP contribution is -2.27. The first-order valence-electron chi connectivity index (χ1n) is 8.09. The number of H-pyrrole nitrogens is 1. The Morgan fingerprint density at radius 1 is 0.923 bits per heavy atom. The molecular weight excluding hydrogens is 348 g/mol. The van der Waals surface area contributed by atoms with Crippen LogP contribution in [-0.2, 0) is 7.05 Å². The van der Waals surface area contributed by atoms with Crippen LogP contribution in [0.3, 0.4) is 0 Å². The van der Waals surface area contributed by atoms with Gasteiger partial charge >= 0.3 is 0 Å². The molecule has 26 heavy (non-hydrogen) atoms. The fourth-order valence-corrected chi connectivity index (χ4v) is 3.46. The van der Waals surface area contributed by atoms with Crippen LogP contribution >= 0.6 is 12.2 Å². The quantitative estimate of drug-likeness (QED) is 0.556. The number of hydrogen-bond acceptors (Lipinski definition) is 3. The van der Waals surface area contributed by atoms with Gasteiger partial charge in [0, 0.05) is 7.05 Å². The summed E-state index contributed by atoms with van der Waals surface area (Å²) >= 11 is 5.39. The Hall–Kier alpha value is -3.19. The van der Waals surface area contributed by atoms with Crippen molar-refractivity contribution in [2.24, 2.45) is 7.05 Å². The van der Waals surface area contributed by atoms with Crippen LogP contribution < -0.4 is 11.1 Å². The fraction of sp³-hybridized carbons (Fsp3) is 0.105. The second-order valence-electron chi connectivity index (χ2n) is 6.03. The Morgan fingerprint density at radius 3 is 2.31 bits per heavy atom. The molecule has 0 radical (unpaired) electrons. The molecule has 2 aromatic heterocycles. The van der Waals surface area contributed by atoms with E-state index in [1.165, 1.54) is 9.25 Å². The van der Waals surface area contributed by atoms with Gasteiger partial charge in [-0.1, -0.05) is 30.3 Å². The number of para-hydroxylation sites is 2. The summed E-state index contributed by atoms with van der Waals surface area (Å²) in [6, 6.07) is 16.4. The van der Waals surface area contributed by atoms with Crippen molar-refractivity contribution in [3.63, 3.8) is 0 Å². The number of aromatic nitrogens is 4. The molecule has 0 unspecified atom stereocenters. The van der Waals surface area contributed by atoms with Crippen molar-refractivity contribution in [3.05, 3.63) is 85.8 Å². The molecule has 2 heterocycles. The zero-order valence-electron chi connectivity index (χ0n) is 14.3. The molecular formula is C19H16N4O2S. The first-order valence-corrected chi connectivity index (χ1v) is 8.50. The lowest BCUT2D eigenvalue weighted by molar-refractivity contribution is 0.630. The summed E-state index contributed by atoms with van der Waals surface area (Å²) in [5.74, 6) is 0. The van der Waals surface area contributed by atoms with Gasteiger partial charge in [-0.2, -0.15) is 0 Å². The largest absolute Gasteiger partial charge is 0.331 e. The average molecular weight is 364 g/mol. The van der Waals surface area contributed by atoms with Gasteiger partial charge < -0.3 is 4.98 Å². The van der Waals surface area contributed by atoms with Crippen molar-refractivity contribution in [2.45, 2.75) is 6.92 Å². The standard InChI is InChI=1S/C19H16N4O2S/c1-12-16(18(25)23(21(12)2)13-8-4-3-5-9-13)22-17(24)14-10-6-7-11-15(14)20-19(22)26/h3-11H,1-2H3,(H,20,26). The third-order valence-corrected chi connectivity index (χ3v) is 4.84. The Morgan fingerprint density at radius 2 is 1.58 bits per heavy atom. The van der Waals surface area contributed by atoms with Crippen LogP contribution in [0.15, 0.2) is 64.2 Å². The van der Waals surface area contributed by atoms with Crippen molar-refractivity contribution >= 4 is 23.1 Å². The highest BCUT2D eigenvalue weighted by Crippen LogP contribution is 2.14. The van der Waals surface area contributed by atoms with Gasteiger partial charge in [0.05, 0.1) is 22.3 Å². The van der Waals surface area contributed by atoms with E-state index in [1.54, 1.807) is 36.9 Å². The van der Waals surface area contributed by atoms with Crippen LogP contribution in [0.4, 0.5) is 0 Å². The van der Waals surface area contributed by atoms with E-state index in [9.17, 15) is 9.59 Å². The average Bonchev–Trinajstić information content (AvgIpc) is 2.86. The van der Waals surface area contributed by atoms with Gasteiger partial charge in [0.15, 0.2) is 4.77 Å². The molecule has 2 aromatic carbocycles. The summed E-state index contributed by atoms with van der Waals surface area (Å²) in [5, 5.41) is 0.481. The Kier molecular flexibility index (Phi) is 3.73. The summed E-state index contributed by atoms with van der Waals surface area (Å²) in [6.07, 6.45) is 0. The highest BCUT2D eigenvalue weighted by atomic mass is 32.1. The molecule has 4 rings (SSSR count). The maximum absolute atomic E-state index is 13.2. The second kappa shape index (κ2) is 5.96. The van der Waals surface area contributed by atoms with Crippen LogP contribution in [-0.4, -0.2) is 18.9 Å². The van der Waals surface area contributed by atoms with E-state index in [1.807, 2.05) is 36.4 Å². The van der Waals surface area contributed by atoms with Gasteiger partial charge in [0.1, 0.15) is 5.69 Å². The van der Waals surface area contributed by atoms with E-state index in [2.05, 4.69) is 4.98 Å². The molecule has 0 bridgehead atoms. The topological polar surface area (TPSA) is 64.7 Å². The summed E-state index contributed by atoms with van der Waals surface area (Å²) in [7, 11) is 1.78. The number of hydrogen-bond donors (Lipinski definition) is 1. The normalized spacial score (nSPS) is 11.2. The van der Waals surface area contributed by atoms with Crippen molar-refractivity contribution in [1.82, 2.24) is 18.9 Å². The van der Waals surface area contributed by atoms with Crippen molar-refractivity contribution in [1.29, 1.82) is 0 Å². The Labute approximate surface area is 153 Å². The first-order chi connectivity index (χ1) is 12.5. The molecule has 0 fully saturated rings. The lowest BCUT2D eigenvalue weighted by Gasteiger charge is -2.07. The van der Waals surface area contributed by atoms with E-state index in [0.29, 0.717) is 16.6 Å². The molecule has 0 aliphatic rings. The van der Waals surface area contributed by atoms with Crippen LogP contribution in [0.2, 0.25) is 0 Å². The van der Waals surface area contributed by atoms with Gasteiger partial charge in [-0.05, 0) is 43.4 Å². The fourth-order valence-electron chi connectivity index (χ4n) is 3.18. The minimum Gasteiger partial charge on any atom is -0.331 e. The summed E-state index contributed by atoms with van der Waals surface area (Å²) in [6.45, 7) is 1.80. The van der Waals surface area contributed by atoms with Gasteiger partial charge in [0.25, 0.3) is 11.1 Å².